The number of anilines is 2. The van der Waals surface area contributed by atoms with Crippen molar-refractivity contribution >= 4 is 23.1 Å². The van der Waals surface area contributed by atoms with E-state index in [4.69, 9.17) is 0 Å². The minimum absolute atomic E-state index is 0.0382. The lowest BCUT2D eigenvalue weighted by molar-refractivity contribution is -0.116. The van der Waals surface area contributed by atoms with Gasteiger partial charge in [-0.25, -0.2) is 0 Å². The van der Waals surface area contributed by atoms with Gasteiger partial charge >= 0.3 is 0 Å². The summed E-state index contributed by atoms with van der Waals surface area (Å²) < 4.78 is 0. The Hall–Kier alpha value is -2.62. The summed E-state index contributed by atoms with van der Waals surface area (Å²) in [5.41, 5.74) is 3.75. The van der Waals surface area contributed by atoms with Crippen LogP contribution in [0.25, 0.3) is 0 Å². The summed E-state index contributed by atoms with van der Waals surface area (Å²) in [7, 11) is 0. The van der Waals surface area contributed by atoms with E-state index in [9.17, 15) is 9.59 Å². The second kappa shape index (κ2) is 6.02. The molecule has 0 saturated carbocycles. The molecule has 0 unspecified atom stereocenters. The highest BCUT2D eigenvalue weighted by Crippen LogP contribution is 2.27. The van der Waals surface area contributed by atoms with Gasteiger partial charge in [0, 0.05) is 23.5 Å². The molecule has 2 aromatic rings. The van der Waals surface area contributed by atoms with E-state index < -0.39 is 0 Å². The third-order valence-corrected chi connectivity index (χ3v) is 3.92. The van der Waals surface area contributed by atoms with Gasteiger partial charge in [-0.1, -0.05) is 18.2 Å². The van der Waals surface area contributed by atoms with Gasteiger partial charge in [-0.15, -0.1) is 0 Å². The molecule has 1 aliphatic rings. The first kappa shape index (κ1) is 14.3. The first-order valence-corrected chi connectivity index (χ1v) is 7.38. The molecule has 0 bridgehead atoms. The Morgan fingerprint density at radius 2 is 1.82 bits per heavy atom. The van der Waals surface area contributed by atoms with E-state index in [1.54, 1.807) is 12.1 Å². The highest BCUT2D eigenvalue weighted by molar-refractivity contribution is 5.98. The standard InChI is InChI=1S/C18H18N2O2/c1-13(21)14-6-8-16(9-7-14)19-12-18(22)20-11-10-15-4-2-3-5-17(15)20/h2-9,19H,10-12H2,1H3. The lowest BCUT2D eigenvalue weighted by Crippen LogP contribution is -2.34. The Morgan fingerprint density at radius 1 is 1.09 bits per heavy atom. The largest absolute Gasteiger partial charge is 0.376 e. The molecule has 2 aromatic carbocycles. The summed E-state index contributed by atoms with van der Waals surface area (Å²) >= 11 is 0. The Balaban J connectivity index is 1.62. The lowest BCUT2D eigenvalue weighted by Gasteiger charge is -2.18. The van der Waals surface area contributed by atoms with Crippen LogP contribution in [-0.4, -0.2) is 24.8 Å². The fourth-order valence-electron chi connectivity index (χ4n) is 2.69. The second-order valence-electron chi connectivity index (χ2n) is 5.41. The molecule has 0 spiro atoms. The van der Waals surface area contributed by atoms with Crippen LogP contribution in [-0.2, 0) is 11.2 Å². The molecule has 0 saturated heterocycles. The Morgan fingerprint density at radius 3 is 2.55 bits per heavy atom. The fraction of sp³-hybridized carbons (Fsp3) is 0.222. The van der Waals surface area contributed by atoms with Crippen LogP contribution in [0.5, 0.6) is 0 Å². The van der Waals surface area contributed by atoms with Gasteiger partial charge in [0.25, 0.3) is 0 Å². The fourth-order valence-corrected chi connectivity index (χ4v) is 2.69. The third-order valence-electron chi connectivity index (χ3n) is 3.92. The first-order valence-electron chi connectivity index (χ1n) is 7.38. The van der Waals surface area contributed by atoms with Crippen LogP contribution in [0.1, 0.15) is 22.8 Å². The Labute approximate surface area is 129 Å². The first-order chi connectivity index (χ1) is 10.6. The average molecular weight is 294 g/mol. The van der Waals surface area contributed by atoms with E-state index in [0.717, 1.165) is 24.3 Å². The maximum atomic E-state index is 12.4. The molecule has 3 rings (SSSR count). The van der Waals surface area contributed by atoms with Crippen LogP contribution in [0.2, 0.25) is 0 Å². The molecule has 4 nitrogen and oxygen atoms in total. The van der Waals surface area contributed by atoms with Crippen LogP contribution < -0.4 is 10.2 Å². The van der Waals surface area contributed by atoms with Gasteiger partial charge in [-0.05, 0) is 49.2 Å². The van der Waals surface area contributed by atoms with Gasteiger partial charge in [0.05, 0.1) is 6.54 Å². The SMILES string of the molecule is CC(=O)c1ccc(NCC(=O)N2CCc3ccccc32)cc1. The number of para-hydroxylation sites is 1. The van der Waals surface area contributed by atoms with Crippen LogP contribution in [0.4, 0.5) is 11.4 Å². The molecule has 4 heteroatoms. The minimum Gasteiger partial charge on any atom is -0.376 e. The van der Waals surface area contributed by atoms with Crippen molar-refractivity contribution in [3.05, 3.63) is 59.7 Å². The van der Waals surface area contributed by atoms with Gasteiger partial charge in [0.2, 0.25) is 5.91 Å². The van der Waals surface area contributed by atoms with Crippen molar-refractivity contribution < 1.29 is 9.59 Å². The number of hydrogen-bond acceptors (Lipinski definition) is 3. The number of carbonyl (C=O) groups excluding carboxylic acids is 2. The number of benzene rings is 2. The molecule has 0 atom stereocenters. The molecular weight excluding hydrogens is 276 g/mol. The molecule has 112 valence electrons. The molecule has 0 radical (unpaired) electrons. The number of fused-ring (bicyclic) bond motifs is 1. The number of Topliss-reactive ketones (excluding diaryl/α,β-unsaturated/α-hetero) is 1. The Bertz CT molecular complexity index is 707. The highest BCUT2D eigenvalue weighted by Gasteiger charge is 2.23. The van der Waals surface area contributed by atoms with Crippen LogP contribution in [0, 0.1) is 0 Å². The van der Waals surface area contributed by atoms with Crippen LogP contribution in [0.3, 0.4) is 0 Å². The minimum atomic E-state index is 0.0382. The zero-order valence-electron chi connectivity index (χ0n) is 12.5. The van der Waals surface area contributed by atoms with E-state index in [2.05, 4.69) is 11.4 Å². The van der Waals surface area contributed by atoms with Crippen molar-refractivity contribution in [2.75, 3.05) is 23.3 Å². The molecule has 1 heterocycles. The number of carbonyl (C=O) groups is 2. The molecular formula is C18H18N2O2. The zero-order chi connectivity index (χ0) is 15.5. The van der Waals surface area contributed by atoms with E-state index in [1.165, 1.54) is 12.5 Å². The monoisotopic (exact) mass is 294 g/mol. The van der Waals surface area contributed by atoms with Crippen molar-refractivity contribution in [1.82, 2.24) is 0 Å². The van der Waals surface area contributed by atoms with Crippen molar-refractivity contribution in [2.24, 2.45) is 0 Å². The number of amides is 1. The van der Waals surface area contributed by atoms with Crippen molar-refractivity contribution in [3.63, 3.8) is 0 Å². The van der Waals surface area contributed by atoms with E-state index in [-0.39, 0.29) is 18.2 Å². The summed E-state index contributed by atoms with van der Waals surface area (Å²) in [5, 5.41) is 3.12. The smallest absolute Gasteiger partial charge is 0.246 e. The van der Waals surface area contributed by atoms with Gasteiger partial charge in [-0.2, -0.15) is 0 Å². The number of ketones is 1. The molecule has 0 aromatic heterocycles. The summed E-state index contributed by atoms with van der Waals surface area (Å²) in [6, 6.07) is 15.2. The van der Waals surface area contributed by atoms with E-state index in [0.29, 0.717) is 5.56 Å². The molecule has 1 amide bonds. The zero-order valence-corrected chi connectivity index (χ0v) is 12.5. The maximum Gasteiger partial charge on any atom is 0.246 e. The van der Waals surface area contributed by atoms with Crippen LogP contribution >= 0.6 is 0 Å². The Kier molecular flexibility index (Phi) is 3.92. The second-order valence-corrected chi connectivity index (χ2v) is 5.41. The van der Waals surface area contributed by atoms with Gasteiger partial charge in [-0.3, -0.25) is 9.59 Å². The number of nitrogens with one attached hydrogen (secondary N) is 1. The number of nitrogens with zero attached hydrogens (tertiary/aromatic N) is 1. The summed E-state index contributed by atoms with van der Waals surface area (Å²) in [6.07, 6.45) is 0.912. The number of hydrogen-bond donors (Lipinski definition) is 1. The maximum absolute atomic E-state index is 12.4. The number of rotatable bonds is 4. The lowest BCUT2D eigenvalue weighted by atomic mass is 10.1. The van der Waals surface area contributed by atoms with Gasteiger partial charge in [0.15, 0.2) is 5.78 Å². The summed E-state index contributed by atoms with van der Waals surface area (Å²) in [5.74, 6) is 0.0943. The van der Waals surface area contributed by atoms with Crippen LogP contribution in [0.15, 0.2) is 48.5 Å². The van der Waals surface area contributed by atoms with Crippen molar-refractivity contribution in [1.29, 1.82) is 0 Å². The van der Waals surface area contributed by atoms with E-state index >= 15 is 0 Å². The quantitative estimate of drug-likeness (QED) is 0.882. The average Bonchev–Trinajstić information content (AvgIpc) is 2.97. The normalized spacial score (nSPS) is 12.9. The molecule has 1 aliphatic heterocycles. The molecule has 22 heavy (non-hydrogen) atoms. The summed E-state index contributed by atoms with van der Waals surface area (Å²) in [6.45, 7) is 2.52. The highest BCUT2D eigenvalue weighted by atomic mass is 16.2. The predicted molar refractivity (Wildman–Crippen MR) is 87.4 cm³/mol. The molecule has 0 aliphatic carbocycles. The predicted octanol–water partition coefficient (Wildman–Crippen LogP) is 2.89. The van der Waals surface area contributed by atoms with E-state index in [1.807, 2.05) is 35.2 Å². The van der Waals surface area contributed by atoms with Crippen molar-refractivity contribution in [3.8, 4) is 0 Å². The topological polar surface area (TPSA) is 49.4 Å². The molecule has 1 N–H and O–H groups in total. The molecule has 0 fully saturated rings. The van der Waals surface area contributed by atoms with Crippen molar-refractivity contribution in [2.45, 2.75) is 13.3 Å². The summed E-state index contributed by atoms with van der Waals surface area (Å²) in [4.78, 5) is 25.4. The van der Waals surface area contributed by atoms with Gasteiger partial charge in [0.1, 0.15) is 0 Å². The third kappa shape index (κ3) is 2.86. The van der Waals surface area contributed by atoms with Gasteiger partial charge < -0.3 is 10.2 Å².